The predicted molar refractivity (Wildman–Crippen MR) is 89.2 cm³/mol. The van der Waals surface area contributed by atoms with Crippen LogP contribution in [0.25, 0.3) is 6.08 Å². The summed E-state index contributed by atoms with van der Waals surface area (Å²) in [7, 11) is 1.31. The van der Waals surface area contributed by atoms with E-state index in [0.29, 0.717) is 26.2 Å². The van der Waals surface area contributed by atoms with E-state index in [-0.39, 0.29) is 12.5 Å². The minimum atomic E-state index is -0.431. The predicted octanol–water partition coefficient (Wildman–Crippen LogP) is 3.60. The van der Waals surface area contributed by atoms with Gasteiger partial charge in [-0.1, -0.05) is 11.6 Å². The van der Waals surface area contributed by atoms with E-state index in [2.05, 4.69) is 10.1 Å². The zero-order valence-corrected chi connectivity index (χ0v) is 13.7. The second kappa shape index (κ2) is 6.44. The van der Waals surface area contributed by atoms with Gasteiger partial charge in [-0.3, -0.25) is 4.79 Å². The maximum atomic E-state index is 12.3. The third-order valence-corrected chi connectivity index (χ3v) is 4.42. The molecule has 0 bridgehead atoms. The molecule has 0 saturated heterocycles. The van der Waals surface area contributed by atoms with Gasteiger partial charge in [0.05, 0.1) is 17.7 Å². The maximum absolute atomic E-state index is 12.3. The Morgan fingerprint density at radius 3 is 2.91 bits per heavy atom. The van der Waals surface area contributed by atoms with E-state index in [1.807, 2.05) is 0 Å². The fourth-order valence-electron chi connectivity index (χ4n) is 2.09. The van der Waals surface area contributed by atoms with Gasteiger partial charge in [0.25, 0.3) is 5.91 Å². The normalized spacial score (nSPS) is 12.7. The molecule has 0 saturated carbocycles. The molecule has 0 atom stereocenters. The molecular weight excluding hydrogens is 338 g/mol. The molecule has 3 rings (SSSR count). The van der Waals surface area contributed by atoms with Crippen molar-refractivity contribution in [2.45, 2.75) is 0 Å². The van der Waals surface area contributed by atoms with E-state index < -0.39 is 5.97 Å². The summed E-state index contributed by atoms with van der Waals surface area (Å²) in [6, 6.07) is 8.50. The highest BCUT2D eigenvalue weighted by molar-refractivity contribution is 7.18. The van der Waals surface area contributed by atoms with Crippen molar-refractivity contribution in [3.05, 3.63) is 51.4 Å². The van der Waals surface area contributed by atoms with E-state index in [4.69, 9.17) is 16.3 Å². The lowest BCUT2D eigenvalue weighted by molar-refractivity contribution is -0.113. The minimum absolute atomic E-state index is 0.176. The maximum Gasteiger partial charge on any atom is 0.348 e. The molecule has 1 aliphatic rings. The first-order valence-corrected chi connectivity index (χ1v) is 7.88. The molecule has 23 heavy (non-hydrogen) atoms. The van der Waals surface area contributed by atoms with E-state index in [9.17, 15) is 9.59 Å². The van der Waals surface area contributed by atoms with Gasteiger partial charge in [-0.05, 0) is 36.4 Å². The number of anilines is 1. The van der Waals surface area contributed by atoms with Gasteiger partial charge in [-0.2, -0.15) is 0 Å². The summed E-state index contributed by atoms with van der Waals surface area (Å²) < 4.78 is 10.2. The largest absolute Gasteiger partial charge is 0.488 e. The van der Waals surface area contributed by atoms with Gasteiger partial charge in [0, 0.05) is 10.6 Å². The number of amides is 1. The highest BCUT2D eigenvalue weighted by atomic mass is 35.5. The Kier molecular flexibility index (Phi) is 4.36. The molecular formula is C16H12ClNO4S. The summed E-state index contributed by atoms with van der Waals surface area (Å²) >= 11 is 7.10. The van der Waals surface area contributed by atoms with Crippen LogP contribution in [-0.4, -0.2) is 25.6 Å². The first kappa shape index (κ1) is 15.6. The molecule has 1 N–H and O–H groups in total. The van der Waals surface area contributed by atoms with Crippen LogP contribution in [0.2, 0.25) is 5.02 Å². The van der Waals surface area contributed by atoms with Crippen LogP contribution in [-0.2, 0) is 9.53 Å². The van der Waals surface area contributed by atoms with Crippen molar-refractivity contribution in [3.63, 3.8) is 0 Å². The van der Waals surface area contributed by atoms with Crippen molar-refractivity contribution < 1.29 is 19.1 Å². The number of benzene rings is 1. The van der Waals surface area contributed by atoms with E-state index in [1.54, 1.807) is 36.4 Å². The Morgan fingerprint density at radius 2 is 2.13 bits per heavy atom. The van der Waals surface area contributed by atoms with Crippen molar-refractivity contribution in [1.29, 1.82) is 0 Å². The SMILES string of the molecule is COC(=O)c1ccc(NC(=O)C2=Cc3cc(Cl)ccc3OC2)s1. The Bertz CT molecular complexity index is 812. The Morgan fingerprint density at radius 1 is 1.30 bits per heavy atom. The van der Waals surface area contributed by atoms with Crippen LogP contribution in [0.15, 0.2) is 35.9 Å². The summed E-state index contributed by atoms with van der Waals surface area (Å²) in [6.45, 7) is 0.176. The number of rotatable bonds is 3. The molecule has 118 valence electrons. The number of halogens is 1. The molecule has 0 fully saturated rings. The number of ether oxygens (including phenoxy) is 2. The summed E-state index contributed by atoms with van der Waals surface area (Å²) in [5.74, 6) is -0.0248. The van der Waals surface area contributed by atoms with Crippen molar-refractivity contribution >= 4 is 45.9 Å². The van der Waals surface area contributed by atoms with Crippen molar-refractivity contribution in [2.24, 2.45) is 0 Å². The van der Waals surface area contributed by atoms with Gasteiger partial charge >= 0.3 is 5.97 Å². The Hall–Kier alpha value is -2.31. The van der Waals surface area contributed by atoms with Gasteiger partial charge in [0.15, 0.2) is 0 Å². The van der Waals surface area contributed by atoms with E-state index in [0.717, 1.165) is 16.9 Å². The van der Waals surface area contributed by atoms with Gasteiger partial charge in [-0.15, -0.1) is 11.3 Å². The first-order valence-electron chi connectivity index (χ1n) is 6.69. The second-order valence-electron chi connectivity index (χ2n) is 4.75. The summed E-state index contributed by atoms with van der Waals surface area (Å²) in [4.78, 5) is 24.1. The molecule has 2 heterocycles. The van der Waals surface area contributed by atoms with Crippen LogP contribution >= 0.6 is 22.9 Å². The molecule has 1 aliphatic heterocycles. The second-order valence-corrected chi connectivity index (χ2v) is 6.27. The average molecular weight is 350 g/mol. The number of hydrogen-bond donors (Lipinski definition) is 1. The van der Waals surface area contributed by atoms with Gasteiger partial charge in [0.1, 0.15) is 17.2 Å². The molecule has 5 nitrogen and oxygen atoms in total. The number of hydrogen-bond acceptors (Lipinski definition) is 5. The van der Waals surface area contributed by atoms with Crippen LogP contribution in [0.3, 0.4) is 0 Å². The number of fused-ring (bicyclic) bond motifs is 1. The molecule has 0 aliphatic carbocycles. The molecule has 1 aromatic carbocycles. The lowest BCUT2D eigenvalue weighted by Crippen LogP contribution is -2.20. The Labute approximate surface area is 141 Å². The molecule has 1 amide bonds. The number of carbonyl (C=O) groups is 2. The number of nitrogens with one attached hydrogen (secondary N) is 1. The third-order valence-electron chi connectivity index (χ3n) is 3.21. The molecule has 0 radical (unpaired) electrons. The molecule has 2 aromatic rings. The standard InChI is InChI=1S/C16H12ClNO4S/c1-21-16(20)13-4-5-14(23-13)18-15(19)10-6-9-7-11(17)2-3-12(9)22-8-10/h2-7H,8H2,1H3,(H,18,19). The van der Waals surface area contributed by atoms with Crippen LogP contribution in [0, 0.1) is 0 Å². The smallest absolute Gasteiger partial charge is 0.348 e. The zero-order chi connectivity index (χ0) is 16.4. The van der Waals surface area contributed by atoms with E-state index in [1.165, 1.54) is 7.11 Å². The monoisotopic (exact) mass is 349 g/mol. The first-order chi connectivity index (χ1) is 11.1. The molecule has 0 spiro atoms. The topological polar surface area (TPSA) is 64.6 Å². The lowest BCUT2D eigenvalue weighted by atomic mass is 10.1. The van der Waals surface area contributed by atoms with Gasteiger partial charge in [-0.25, -0.2) is 4.79 Å². The third kappa shape index (κ3) is 3.38. The number of thiophene rings is 1. The fraction of sp³-hybridized carbons (Fsp3) is 0.125. The molecule has 7 heteroatoms. The summed E-state index contributed by atoms with van der Waals surface area (Å²) in [5, 5.41) is 3.89. The number of esters is 1. The van der Waals surface area contributed by atoms with Crippen molar-refractivity contribution in [2.75, 3.05) is 19.0 Å². The van der Waals surface area contributed by atoms with Crippen LogP contribution < -0.4 is 10.1 Å². The average Bonchev–Trinajstić information content (AvgIpc) is 3.01. The molecule has 1 aromatic heterocycles. The highest BCUT2D eigenvalue weighted by Gasteiger charge is 2.18. The number of methoxy groups -OCH3 is 1. The van der Waals surface area contributed by atoms with Crippen molar-refractivity contribution in [3.8, 4) is 5.75 Å². The fourth-order valence-corrected chi connectivity index (χ4v) is 3.09. The lowest BCUT2D eigenvalue weighted by Gasteiger charge is -2.17. The van der Waals surface area contributed by atoms with Crippen LogP contribution in [0.1, 0.15) is 15.2 Å². The van der Waals surface area contributed by atoms with Gasteiger partial charge in [0.2, 0.25) is 0 Å². The highest BCUT2D eigenvalue weighted by Crippen LogP contribution is 2.30. The number of carbonyl (C=O) groups excluding carboxylic acids is 2. The minimum Gasteiger partial charge on any atom is -0.488 e. The quantitative estimate of drug-likeness (QED) is 0.860. The zero-order valence-electron chi connectivity index (χ0n) is 12.1. The van der Waals surface area contributed by atoms with Crippen molar-refractivity contribution in [1.82, 2.24) is 0 Å². The van der Waals surface area contributed by atoms with Gasteiger partial charge < -0.3 is 14.8 Å². The van der Waals surface area contributed by atoms with E-state index >= 15 is 0 Å². The Balaban J connectivity index is 1.76. The van der Waals surface area contributed by atoms with Crippen LogP contribution in [0.4, 0.5) is 5.00 Å². The summed E-state index contributed by atoms with van der Waals surface area (Å²) in [5.41, 5.74) is 1.24. The summed E-state index contributed by atoms with van der Waals surface area (Å²) in [6.07, 6.45) is 1.74. The van der Waals surface area contributed by atoms with Crippen LogP contribution in [0.5, 0.6) is 5.75 Å². The molecule has 0 unspecified atom stereocenters.